The highest BCUT2D eigenvalue weighted by Gasteiger charge is 2.05. The molecule has 0 saturated heterocycles. The Balaban J connectivity index is 2.39. The van der Waals surface area contributed by atoms with Crippen LogP contribution in [0.3, 0.4) is 0 Å². The molecule has 0 spiro atoms. The van der Waals surface area contributed by atoms with Crippen LogP contribution in [0.4, 0.5) is 4.39 Å². The van der Waals surface area contributed by atoms with E-state index in [9.17, 15) is 4.39 Å². The van der Waals surface area contributed by atoms with Gasteiger partial charge in [-0.3, -0.25) is 0 Å². The molecule has 17 heavy (non-hydrogen) atoms. The highest BCUT2D eigenvalue weighted by Crippen LogP contribution is 2.19. The molecule has 0 aliphatic heterocycles. The number of nitrogens with two attached hydrogens (primary N) is 1. The smallest absolute Gasteiger partial charge is 0.165 e. The van der Waals surface area contributed by atoms with Gasteiger partial charge in [0.25, 0.3) is 0 Å². The molecule has 0 aliphatic rings. The summed E-state index contributed by atoms with van der Waals surface area (Å²) in [5.41, 5.74) is 6.94. The minimum Gasteiger partial charge on any atom is -0.494 e. The molecule has 1 unspecified atom stereocenters. The third-order valence-corrected chi connectivity index (χ3v) is 2.92. The largest absolute Gasteiger partial charge is 0.494 e. The van der Waals surface area contributed by atoms with Crippen molar-refractivity contribution in [1.29, 1.82) is 0 Å². The zero-order valence-electron chi connectivity index (χ0n) is 10.7. The van der Waals surface area contributed by atoms with E-state index < -0.39 is 0 Å². The Kier molecular flexibility index (Phi) is 5.98. The third kappa shape index (κ3) is 4.73. The van der Waals surface area contributed by atoms with Gasteiger partial charge in [0.05, 0.1) is 7.11 Å². The second-order valence-corrected chi connectivity index (χ2v) is 4.41. The fourth-order valence-corrected chi connectivity index (χ4v) is 1.95. The van der Waals surface area contributed by atoms with E-state index in [4.69, 9.17) is 10.5 Å². The lowest BCUT2D eigenvalue weighted by atomic mass is 10.0. The maximum atomic E-state index is 13.4. The van der Waals surface area contributed by atoms with Crippen LogP contribution in [0.2, 0.25) is 0 Å². The monoisotopic (exact) mass is 239 g/mol. The van der Waals surface area contributed by atoms with Gasteiger partial charge < -0.3 is 10.5 Å². The zero-order valence-corrected chi connectivity index (χ0v) is 10.7. The number of rotatable bonds is 7. The Morgan fingerprint density at radius 2 is 2.12 bits per heavy atom. The first-order valence-corrected chi connectivity index (χ1v) is 6.25. The van der Waals surface area contributed by atoms with Gasteiger partial charge in [0.15, 0.2) is 11.6 Å². The molecule has 3 heteroatoms. The molecule has 1 aromatic rings. The van der Waals surface area contributed by atoms with Crippen LogP contribution in [0.25, 0.3) is 0 Å². The third-order valence-electron chi connectivity index (χ3n) is 2.92. The number of methoxy groups -OCH3 is 1. The molecular weight excluding hydrogens is 217 g/mol. The van der Waals surface area contributed by atoms with Crippen molar-refractivity contribution >= 4 is 0 Å². The van der Waals surface area contributed by atoms with Crippen LogP contribution in [0.5, 0.6) is 5.75 Å². The van der Waals surface area contributed by atoms with Gasteiger partial charge in [0.1, 0.15) is 0 Å². The molecule has 0 amide bonds. The highest BCUT2D eigenvalue weighted by atomic mass is 19.1. The standard InChI is InChI=1S/C14H22FNO/c1-3-5-12(16)7-4-6-11-8-9-14(17-2)13(15)10-11/h8-10,12H,3-7,16H2,1-2H3. The van der Waals surface area contributed by atoms with Crippen LogP contribution in [0, 0.1) is 5.82 Å². The van der Waals surface area contributed by atoms with Crippen molar-refractivity contribution in [1.82, 2.24) is 0 Å². The summed E-state index contributed by atoms with van der Waals surface area (Å²) in [6, 6.07) is 5.41. The first-order valence-electron chi connectivity index (χ1n) is 6.25. The normalized spacial score (nSPS) is 12.5. The second kappa shape index (κ2) is 7.28. The molecule has 2 N–H and O–H groups in total. The molecule has 0 radical (unpaired) electrons. The van der Waals surface area contributed by atoms with Crippen molar-refractivity contribution in [2.24, 2.45) is 5.73 Å². The van der Waals surface area contributed by atoms with Crippen molar-refractivity contribution < 1.29 is 9.13 Å². The molecule has 0 saturated carbocycles. The van der Waals surface area contributed by atoms with Crippen LogP contribution in [0.15, 0.2) is 18.2 Å². The maximum absolute atomic E-state index is 13.4. The summed E-state index contributed by atoms with van der Waals surface area (Å²) in [6.45, 7) is 2.14. The van der Waals surface area contributed by atoms with Crippen molar-refractivity contribution in [3.05, 3.63) is 29.6 Å². The zero-order chi connectivity index (χ0) is 12.7. The van der Waals surface area contributed by atoms with E-state index in [-0.39, 0.29) is 11.9 Å². The van der Waals surface area contributed by atoms with E-state index in [0.29, 0.717) is 5.75 Å². The summed E-state index contributed by atoms with van der Waals surface area (Å²) in [6.07, 6.45) is 5.07. The summed E-state index contributed by atoms with van der Waals surface area (Å²) in [4.78, 5) is 0. The molecule has 1 atom stereocenters. The Morgan fingerprint density at radius 3 is 2.71 bits per heavy atom. The Morgan fingerprint density at radius 1 is 1.35 bits per heavy atom. The topological polar surface area (TPSA) is 35.2 Å². The molecule has 0 aliphatic carbocycles. The van der Waals surface area contributed by atoms with Crippen LogP contribution < -0.4 is 10.5 Å². The lowest BCUT2D eigenvalue weighted by Crippen LogP contribution is -2.19. The second-order valence-electron chi connectivity index (χ2n) is 4.41. The minimum absolute atomic E-state index is 0.281. The van der Waals surface area contributed by atoms with Gasteiger partial charge in [-0.25, -0.2) is 4.39 Å². The maximum Gasteiger partial charge on any atom is 0.165 e. The van der Waals surface area contributed by atoms with E-state index in [2.05, 4.69) is 6.92 Å². The average Bonchev–Trinajstić information content (AvgIpc) is 2.29. The van der Waals surface area contributed by atoms with Gasteiger partial charge in [0.2, 0.25) is 0 Å². The Hall–Kier alpha value is -1.09. The number of ether oxygens (including phenoxy) is 1. The molecule has 0 heterocycles. The lowest BCUT2D eigenvalue weighted by molar-refractivity contribution is 0.386. The molecule has 0 bridgehead atoms. The van der Waals surface area contributed by atoms with Gasteiger partial charge in [0, 0.05) is 6.04 Å². The number of halogens is 1. The van der Waals surface area contributed by atoms with E-state index in [1.165, 1.54) is 7.11 Å². The quantitative estimate of drug-likeness (QED) is 0.792. The van der Waals surface area contributed by atoms with E-state index in [1.54, 1.807) is 12.1 Å². The minimum atomic E-state index is -0.289. The molecule has 2 nitrogen and oxygen atoms in total. The van der Waals surface area contributed by atoms with Crippen LogP contribution in [0.1, 0.15) is 38.2 Å². The summed E-state index contributed by atoms with van der Waals surface area (Å²) in [7, 11) is 1.47. The fourth-order valence-electron chi connectivity index (χ4n) is 1.95. The van der Waals surface area contributed by atoms with Crippen LogP contribution >= 0.6 is 0 Å². The number of benzene rings is 1. The molecule has 96 valence electrons. The van der Waals surface area contributed by atoms with Crippen molar-refractivity contribution in [2.75, 3.05) is 7.11 Å². The fraction of sp³-hybridized carbons (Fsp3) is 0.571. The highest BCUT2D eigenvalue weighted by molar-refractivity contribution is 5.29. The summed E-state index contributed by atoms with van der Waals surface area (Å²) < 4.78 is 18.3. The van der Waals surface area contributed by atoms with Gasteiger partial charge in [-0.2, -0.15) is 0 Å². The van der Waals surface area contributed by atoms with Gasteiger partial charge >= 0.3 is 0 Å². The van der Waals surface area contributed by atoms with Crippen molar-refractivity contribution in [3.8, 4) is 5.75 Å². The molecular formula is C14H22FNO. The summed E-state index contributed by atoms with van der Waals surface area (Å²) in [5, 5.41) is 0. The van der Waals surface area contributed by atoms with E-state index in [1.807, 2.05) is 6.07 Å². The Bertz CT molecular complexity index is 341. The van der Waals surface area contributed by atoms with Gasteiger partial charge in [-0.15, -0.1) is 0 Å². The Labute approximate surface area is 103 Å². The summed E-state index contributed by atoms with van der Waals surface area (Å²) in [5.74, 6) is 0.0132. The molecule has 1 rings (SSSR count). The summed E-state index contributed by atoms with van der Waals surface area (Å²) >= 11 is 0. The number of hydrogen-bond donors (Lipinski definition) is 1. The number of hydrogen-bond acceptors (Lipinski definition) is 2. The number of aryl methyl sites for hydroxylation is 1. The van der Waals surface area contributed by atoms with Gasteiger partial charge in [-0.05, 0) is 43.4 Å². The van der Waals surface area contributed by atoms with Crippen LogP contribution in [-0.4, -0.2) is 13.2 Å². The molecule has 0 aromatic heterocycles. The van der Waals surface area contributed by atoms with Crippen molar-refractivity contribution in [2.45, 2.75) is 45.1 Å². The molecule has 0 fully saturated rings. The van der Waals surface area contributed by atoms with Crippen molar-refractivity contribution in [3.63, 3.8) is 0 Å². The van der Waals surface area contributed by atoms with Crippen LogP contribution in [-0.2, 0) is 6.42 Å². The average molecular weight is 239 g/mol. The lowest BCUT2D eigenvalue weighted by Gasteiger charge is -2.10. The predicted molar refractivity (Wildman–Crippen MR) is 68.8 cm³/mol. The SMILES string of the molecule is CCCC(N)CCCc1ccc(OC)c(F)c1. The van der Waals surface area contributed by atoms with E-state index >= 15 is 0 Å². The first-order chi connectivity index (χ1) is 8.17. The van der Waals surface area contributed by atoms with E-state index in [0.717, 1.165) is 37.7 Å². The predicted octanol–water partition coefficient (Wildman–Crippen LogP) is 3.28. The molecule has 1 aromatic carbocycles. The van der Waals surface area contributed by atoms with Gasteiger partial charge in [-0.1, -0.05) is 19.4 Å². The first kappa shape index (κ1) is 14.0.